The predicted octanol–water partition coefficient (Wildman–Crippen LogP) is 11.8. The van der Waals surface area contributed by atoms with Gasteiger partial charge < -0.3 is 28.4 Å². The van der Waals surface area contributed by atoms with Gasteiger partial charge in [0.05, 0.1) is 19.5 Å². The summed E-state index contributed by atoms with van der Waals surface area (Å²) in [7, 11) is 0. The highest BCUT2D eigenvalue weighted by molar-refractivity contribution is 7.26. The SMILES string of the molecule is N#CC(C#N)=Nc1ccc(-c2nc3c(s2)-c2cc4c(cc2OC3(C(=O)OCc2ccccc2)C(=O)OCc2ccccc2)-c2sc(-c3ccc(N=C(C#N)C#N)s3)nc2C(C(=O)OCc2ccccc2)(C(=O)OCc2ccccc2)O4)s1. The number of ether oxygens (including phenoxy) is 6. The van der Waals surface area contributed by atoms with Gasteiger partial charge in [-0.3, -0.25) is 0 Å². The first-order chi connectivity index (χ1) is 40.0. The lowest BCUT2D eigenvalue weighted by atomic mass is 9.89. The minimum Gasteiger partial charge on any atom is -0.458 e. The molecule has 0 N–H and O–H groups in total. The molecule has 11 rings (SSSR count). The molecule has 0 bridgehead atoms. The van der Waals surface area contributed by atoms with Gasteiger partial charge in [0.15, 0.2) is 0 Å². The van der Waals surface area contributed by atoms with Crippen LogP contribution >= 0.6 is 45.3 Å². The molecule has 0 fully saturated rings. The molecule has 0 saturated heterocycles. The minimum atomic E-state index is -2.76. The summed E-state index contributed by atoms with van der Waals surface area (Å²) in [5, 5.41) is 39.0. The number of hydrogen-bond acceptors (Lipinski definition) is 22. The monoisotopic (exact) mass is 1150 g/mol. The number of aliphatic imine (C=N–C) groups is 2. The van der Waals surface area contributed by atoms with Crippen molar-refractivity contribution in [1.82, 2.24) is 9.97 Å². The second kappa shape index (κ2) is 23.1. The van der Waals surface area contributed by atoms with E-state index in [1.165, 1.54) is 12.1 Å². The molecule has 0 radical (unpaired) electrons. The molecular formula is C60H34N8O10S4. The highest BCUT2D eigenvalue weighted by atomic mass is 32.1. The molecular weight excluding hydrogens is 1120 g/mol. The number of benzene rings is 5. The van der Waals surface area contributed by atoms with E-state index in [4.69, 9.17) is 38.4 Å². The molecule has 4 aromatic heterocycles. The Bertz CT molecular complexity index is 3810. The molecule has 398 valence electrons. The Morgan fingerprint density at radius 2 is 0.744 bits per heavy atom. The van der Waals surface area contributed by atoms with E-state index in [1.807, 2.05) is 0 Å². The Morgan fingerprint density at radius 3 is 1.04 bits per heavy atom. The smallest absolute Gasteiger partial charge is 0.369 e. The number of rotatable bonds is 16. The van der Waals surface area contributed by atoms with Gasteiger partial charge in [-0.05, 0) is 58.7 Å². The maximum atomic E-state index is 15.2. The molecule has 5 aromatic carbocycles. The topological polar surface area (TPSA) is 269 Å². The average molecular weight is 1160 g/mol. The third kappa shape index (κ3) is 10.4. The summed E-state index contributed by atoms with van der Waals surface area (Å²) in [6, 6.07) is 51.6. The number of carbonyl (C=O) groups excluding carboxylic acids is 4. The van der Waals surface area contributed by atoms with E-state index in [1.54, 1.807) is 170 Å². The van der Waals surface area contributed by atoms with Gasteiger partial charge in [0.25, 0.3) is 0 Å². The van der Waals surface area contributed by atoms with Crippen LogP contribution < -0.4 is 9.47 Å². The predicted molar refractivity (Wildman–Crippen MR) is 301 cm³/mol. The highest BCUT2D eigenvalue weighted by Gasteiger charge is 2.62. The highest BCUT2D eigenvalue weighted by Crippen LogP contribution is 2.58. The maximum absolute atomic E-state index is 15.2. The number of nitriles is 4. The number of fused-ring (bicyclic) bond motifs is 6. The first-order valence-electron chi connectivity index (χ1n) is 24.5. The summed E-state index contributed by atoms with van der Waals surface area (Å²) in [6.45, 7) is -1.17. The molecule has 0 amide bonds. The van der Waals surface area contributed by atoms with E-state index in [-0.39, 0.29) is 102 Å². The molecule has 0 aliphatic carbocycles. The zero-order valence-electron chi connectivity index (χ0n) is 42.1. The molecule has 2 aliphatic heterocycles. The van der Waals surface area contributed by atoms with Crippen molar-refractivity contribution in [2.24, 2.45) is 9.98 Å². The van der Waals surface area contributed by atoms with Gasteiger partial charge in [-0.2, -0.15) is 21.0 Å². The van der Waals surface area contributed by atoms with Crippen molar-refractivity contribution in [2.75, 3.05) is 0 Å². The lowest BCUT2D eigenvalue weighted by molar-refractivity contribution is -0.185. The van der Waals surface area contributed by atoms with Crippen molar-refractivity contribution < 1.29 is 47.6 Å². The Morgan fingerprint density at radius 1 is 0.439 bits per heavy atom. The fourth-order valence-corrected chi connectivity index (χ4v) is 12.7. The van der Waals surface area contributed by atoms with Crippen LogP contribution in [0.3, 0.4) is 0 Å². The van der Waals surface area contributed by atoms with Crippen LogP contribution in [0.5, 0.6) is 11.5 Å². The molecule has 22 heteroatoms. The third-order valence-electron chi connectivity index (χ3n) is 12.5. The average Bonchev–Trinajstić information content (AvgIpc) is 1.63. The van der Waals surface area contributed by atoms with E-state index in [0.717, 1.165) is 45.3 Å². The van der Waals surface area contributed by atoms with Crippen LogP contribution in [0.1, 0.15) is 33.6 Å². The van der Waals surface area contributed by atoms with Gasteiger partial charge in [-0.15, -0.1) is 45.3 Å². The molecule has 6 heterocycles. The number of aromatic nitrogens is 2. The second-order valence-corrected chi connectivity index (χ2v) is 21.8. The van der Waals surface area contributed by atoms with Crippen molar-refractivity contribution in [1.29, 1.82) is 21.0 Å². The van der Waals surface area contributed by atoms with Crippen molar-refractivity contribution in [3.05, 3.63) is 191 Å². The fourth-order valence-electron chi connectivity index (χ4n) is 8.60. The largest absolute Gasteiger partial charge is 0.458 e. The number of hydrogen-bond donors (Lipinski definition) is 0. The summed E-state index contributed by atoms with van der Waals surface area (Å²) in [6.07, 6.45) is 0. The first-order valence-corrected chi connectivity index (χ1v) is 27.7. The summed E-state index contributed by atoms with van der Waals surface area (Å²) < 4.78 is 37.6. The molecule has 0 saturated carbocycles. The Kier molecular flexibility index (Phi) is 15.1. The quantitative estimate of drug-likeness (QED) is 0.0376. The van der Waals surface area contributed by atoms with Crippen LogP contribution in [0.4, 0.5) is 10.0 Å². The van der Waals surface area contributed by atoms with Gasteiger partial charge in [-0.1, -0.05) is 121 Å². The first kappa shape index (κ1) is 53.5. The van der Waals surface area contributed by atoms with E-state index in [2.05, 4.69) is 9.98 Å². The van der Waals surface area contributed by atoms with Crippen LogP contribution in [0.25, 0.3) is 40.7 Å². The van der Waals surface area contributed by atoms with Crippen LogP contribution in [0.2, 0.25) is 0 Å². The Hall–Kier alpha value is -10.5. The lowest BCUT2D eigenvalue weighted by Gasteiger charge is -2.36. The van der Waals surface area contributed by atoms with E-state index in [0.29, 0.717) is 32.0 Å². The zero-order valence-corrected chi connectivity index (χ0v) is 45.4. The van der Waals surface area contributed by atoms with Crippen molar-refractivity contribution in [3.63, 3.8) is 0 Å². The molecule has 0 unspecified atom stereocenters. The van der Waals surface area contributed by atoms with Crippen molar-refractivity contribution in [3.8, 4) is 76.4 Å². The third-order valence-corrected chi connectivity index (χ3v) is 17.0. The van der Waals surface area contributed by atoms with Gasteiger partial charge in [0.1, 0.15) is 93.6 Å². The number of carbonyl (C=O) groups is 4. The standard InChI is InChI=1S/C60H34N8O10S4/c61-27-39(28-62)65-47-23-21-45(79-47)53-67-51-49(81-53)41-26-44-42(25-43(41)77-59(51,55(69)73-31-35-13-5-1-6-14-35)56(70)74-32-36-15-7-2-8-16-36)50-52(68-54(82-50)46-22-24-48(80-46)66-40(29-63)30-64)60(78-44,57(71)75-33-37-17-9-3-10-18-37)58(72)76-34-38-19-11-4-12-20-38/h1-26H,31-34H2. The fraction of sp³-hybridized carbons (Fsp3) is 0.100. The number of thiophene rings is 2. The lowest BCUT2D eigenvalue weighted by Crippen LogP contribution is -2.53. The van der Waals surface area contributed by atoms with Crippen LogP contribution in [0.15, 0.2) is 168 Å². The van der Waals surface area contributed by atoms with Gasteiger partial charge in [0.2, 0.25) is 11.4 Å². The number of nitrogens with zero attached hydrogens (tertiary/aromatic N) is 8. The Labute approximate surface area is 481 Å². The summed E-state index contributed by atoms with van der Waals surface area (Å²) in [5.74, 6) is -4.86. The zero-order chi connectivity index (χ0) is 56.8. The van der Waals surface area contributed by atoms with Gasteiger partial charge in [0, 0.05) is 11.1 Å². The molecule has 18 nitrogen and oxygen atoms in total. The number of esters is 4. The number of thiazole rings is 2. The molecule has 82 heavy (non-hydrogen) atoms. The normalized spacial score (nSPS) is 12.6. The summed E-state index contributed by atoms with van der Waals surface area (Å²) in [4.78, 5) is 80.4. The van der Waals surface area contributed by atoms with E-state index >= 15 is 19.2 Å². The summed E-state index contributed by atoms with van der Waals surface area (Å²) in [5.41, 5.74) is -4.02. The molecule has 0 atom stereocenters. The Balaban J connectivity index is 1.12. The van der Waals surface area contributed by atoms with E-state index in [9.17, 15) is 21.0 Å². The van der Waals surface area contributed by atoms with Crippen molar-refractivity contribution >= 4 is 90.6 Å². The molecule has 2 aliphatic rings. The van der Waals surface area contributed by atoms with Crippen LogP contribution in [-0.4, -0.2) is 45.3 Å². The maximum Gasteiger partial charge on any atom is 0.369 e. The summed E-state index contributed by atoms with van der Waals surface area (Å²) >= 11 is 4.23. The minimum absolute atomic E-state index is 0.0810. The molecule has 0 spiro atoms. The van der Waals surface area contributed by atoms with E-state index < -0.39 is 35.1 Å². The second-order valence-electron chi connectivity index (χ2n) is 17.7. The van der Waals surface area contributed by atoms with Crippen LogP contribution in [0, 0.1) is 45.3 Å². The van der Waals surface area contributed by atoms with Gasteiger partial charge >= 0.3 is 35.1 Å². The molecule has 9 aromatic rings. The van der Waals surface area contributed by atoms with Crippen molar-refractivity contribution in [2.45, 2.75) is 37.6 Å². The van der Waals surface area contributed by atoms with Crippen LogP contribution in [-0.2, 0) is 75.8 Å². The van der Waals surface area contributed by atoms with Gasteiger partial charge in [-0.25, -0.2) is 39.1 Å².